The number of rotatable bonds is 6. The predicted octanol–water partition coefficient (Wildman–Crippen LogP) is 21.1. The smallest absolute Gasteiger partial charge is 0.0971 e. The molecule has 14 rings (SSSR count). The fraction of sp³-hybridized carbons (Fsp3) is 0.179. The Labute approximate surface area is 471 Å². The second-order valence-electron chi connectivity index (χ2n) is 25.9. The van der Waals surface area contributed by atoms with Crippen LogP contribution >= 0.6 is 0 Å². The van der Waals surface area contributed by atoms with Crippen LogP contribution in [0.5, 0.6) is 0 Å². The molecule has 0 N–H and O–H groups in total. The standard InChI is InChI=1S/C78H66N2/c1-75(2,3)59-27-33-63-61-29-23-57(43-69(61)77(7,8)71(63)45-59)53-21-13-17-49(39-53)47-15-11-19-51(37-47)55-25-31-65-67(41-55)68-42-56(26-32-66(68)74-73(65)79-35-36-80-74)52-20-12-16-48(38-52)50-18-14-22-54(40-50)58-24-30-62-64-34-28-60(76(4,5)6)46-72(64)78(9,10)70(62)44-58/h11-46H,1-10H3. The summed E-state index contributed by atoms with van der Waals surface area (Å²) in [6, 6.07) is 78.3. The maximum Gasteiger partial charge on any atom is 0.0971 e. The van der Waals surface area contributed by atoms with E-state index in [0.29, 0.717) is 0 Å². The van der Waals surface area contributed by atoms with Crippen molar-refractivity contribution in [2.75, 3.05) is 0 Å². The first-order valence-corrected chi connectivity index (χ1v) is 28.5. The first kappa shape index (κ1) is 49.6. The fourth-order valence-electron chi connectivity index (χ4n) is 13.3. The highest BCUT2D eigenvalue weighted by molar-refractivity contribution is 6.24. The number of hydrogen-bond acceptors (Lipinski definition) is 2. The van der Waals surface area contributed by atoms with Crippen molar-refractivity contribution in [3.63, 3.8) is 0 Å². The van der Waals surface area contributed by atoms with Gasteiger partial charge in [0.15, 0.2) is 0 Å². The summed E-state index contributed by atoms with van der Waals surface area (Å²) in [6.45, 7) is 23.4. The molecule has 0 spiro atoms. The number of aromatic nitrogens is 2. The Morgan fingerprint density at radius 1 is 0.263 bits per heavy atom. The number of fused-ring (bicyclic) bond motifs is 12. The molecular formula is C78H66N2. The van der Waals surface area contributed by atoms with E-state index < -0.39 is 0 Å². The molecule has 0 radical (unpaired) electrons. The summed E-state index contributed by atoms with van der Waals surface area (Å²) in [5.41, 5.74) is 30.0. The van der Waals surface area contributed by atoms with Gasteiger partial charge >= 0.3 is 0 Å². The maximum atomic E-state index is 4.94. The molecule has 1 aromatic heterocycles. The lowest BCUT2D eigenvalue weighted by molar-refractivity contribution is 0.584. The van der Waals surface area contributed by atoms with Crippen LogP contribution in [0.25, 0.3) is 122 Å². The normalized spacial score (nSPS) is 14.1. The van der Waals surface area contributed by atoms with Gasteiger partial charge in [0.05, 0.1) is 11.0 Å². The van der Waals surface area contributed by atoms with Gasteiger partial charge in [-0.05, 0) is 193 Å². The van der Waals surface area contributed by atoms with E-state index in [-0.39, 0.29) is 21.7 Å². The topological polar surface area (TPSA) is 25.8 Å². The zero-order valence-electron chi connectivity index (χ0n) is 47.7. The zero-order chi connectivity index (χ0) is 55.0. The summed E-state index contributed by atoms with van der Waals surface area (Å²) in [7, 11) is 0. The van der Waals surface area contributed by atoms with E-state index in [9.17, 15) is 0 Å². The molecule has 0 aliphatic heterocycles. The highest BCUT2D eigenvalue weighted by Gasteiger charge is 2.38. The summed E-state index contributed by atoms with van der Waals surface area (Å²) in [5.74, 6) is 0. The van der Waals surface area contributed by atoms with Gasteiger partial charge in [0, 0.05) is 34.0 Å². The molecule has 2 nitrogen and oxygen atoms in total. The van der Waals surface area contributed by atoms with Crippen molar-refractivity contribution < 1.29 is 0 Å². The molecule has 11 aromatic carbocycles. The number of nitrogens with zero attached hydrogens (tertiary/aromatic N) is 2. The largest absolute Gasteiger partial charge is 0.252 e. The molecule has 0 saturated heterocycles. The lowest BCUT2D eigenvalue weighted by Gasteiger charge is -2.25. The lowest BCUT2D eigenvalue weighted by Crippen LogP contribution is -2.17. The van der Waals surface area contributed by atoms with E-state index in [1.54, 1.807) is 0 Å². The molecule has 0 fully saturated rings. The third-order valence-corrected chi connectivity index (χ3v) is 18.1. The van der Waals surface area contributed by atoms with Gasteiger partial charge in [-0.1, -0.05) is 227 Å². The van der Waals surface area contributed by atoms with Crippen LogP contribution in [0.1, 0.15) is 103 Å². The Morgan fingerprint density at radius 2 is 0.525 bits per heavy atom. The van der Waals surface area contributed by atoms with Gasteiger partial charge < -0.3 is 0 Å². The monoisotopic (exact) mass is 1030 g/mol. The first-order valence-electron chi connectivity index (χ1n) is 28.5. The number of benzene rings is 11. The van der Waals surface area contributed by atoms with Gasteiger partial charge in [-0.2, -0.15) is 0 Å². The van der Waals surface area contributed by atoms with Crippen LogP contribution in [0.4, 0.5) is 0 Å². The van der Waals surface area contributed by atoms with Crippen LogP contribution in [0.15, 0.2) is 219 Å². The third-order valence-electron chi connectivity index (χ3n) is 18.1. The van der Waals surface area contributed by atoms with Gasteiger partial charge in [-0.3, -0.25) is 9.97 Å². The van der Waals surface area contributed by atoms with Gasteiger partial charge in [0.25, 0.3) is 0 Å². The zero-order valence-corrected chi connectivity index (χ0v) is 47.7. The molecule has 388 valence electrons. The van der Waals surface area contributed by atoms with Crippen LogP contribution in [0.2, 0.25) is 0 Å². The Hall–Kier alpha value is -8.72. The van der Waals surface area contributed by atoms with Crippen molar-refractivity contribution in [3.05, 3.63) is 252 Å². The quantitative estimate of drug-likeness (QED) is 0.155. The molecule has 0 saturated carbocycles. The lowest BCUT2D eigenvalue weighted by atomic mass is 9.78. The average Bonchev–Trinajstić information content (AvgIpc) is 3.89. The van der Waals surface area contributed by atoms with Crippen molar-refractivity contribution in [2.24, 2.45) is 0 Å². The third kappa shape index (κ3) is 8.05. The van der Waals surface area contributed by atoms with Crippen LogP contribution in [0.3, 0.4) is 0 Å². The summed E-state index contributed by atoms with van der Waals surface area (Å²) in [5, 5.41) is 4.52. The van der Waals surface area contributed by atoms with E-state index in [0.717, 1.165) is 43.7 Å². The molecule has 1 heterocycles. The van der Waals surface area contributed by atoms with Crippen molar-refractivity contribution >= 4 is 32.6 Å². The average molecular weight is 1030 g/mol. The summed E-state index contributed by atoms with van der Waals surface area (Å²) in [6.07, 6.45) is 3.62. The Bertz CT molecular complexity index is 4260. The molecule has 80 heavy (non-hydrogen) atoms. The minimum Gasteiger partial charge on any atom is -0.252 e. The van der Waals surface area contributed by atoms with E-state index in [2.05, 4.69) is 275 Å². The van der Waals surface area contributed by atoms with Crippen molar-refractivity contribution in [3.8, 4) is 89.0 Å². The Morgan fingerprint density at radius 3 is 0.838 bits per heavy atom. The second-order valence-corrected chi connectivity index (χ2v) is 25.9. The Balaban J connectivity index is 0.787. The summed E-state index contributed by atoms with van der Waals surface area (Å²) < 4.78 is 0. The molecule has 0 bridgehead atoms. The van der Waals surface area contributed by atoms with Crippen molar-refractivity contribution in [1.29, 1.82) is 0 Å². The van der Waals surface area contributed by atoms with Crippen LogP contribution in [0, 0.1) is 0 Å². The van der Waals surface area contributed by atoms with Crippen molar-refractivity contribution in [2.45, 2.75) is 90.9 Å². The van der Waals surface area contributed by atoms with Gasteiger partial charge in [0.1, 0.15) is 0 Å². The summed E-state index contributed by atoms with van der Waals surface area (Å²) in [4.78, 5) is 9.87. The van der Waals surface area contributed by atoms with Crippen LogP contribution in [-0.4, -0.2) is 9.97 Å². The molecule has 0 atom stereocenters. The van der Waals surface area contributed by atoms with Gasteiger partial charge in [0.2, 0.25) is 0 Å². The highest BCUT2D eigenvalue weighted by atomic mass is 14.8. The minimum atomic E-state index is -0.0905. The maximum absolute atomic E-state index is 4.94. The van der Waals surface area contributed by atoms with Crippen molar-refractivity contribution in [1.82, 2.24) is 9.97 Å². The fourth-order valence-corrected chi connectivity index (χ4v) is 13.3. The number of hydrogen-bond donors (Lipinski definition) is 0. The van der Waals surface area contributed by atoms with E-state index >= 15 is 0 Å². The van der Waals surface area contributed by atoms with E-state index in [1.807, 2.05) is 12.4 Å². The Kier molecular flexibility index (Phi) is 11.1. The van der Waals surface area contributed by atoms with Crippen LogP contribution in [-0.2, 0) is 21.7 Å². The highest BCUT2D eigenvalue weighted by Crippen LogP contribution is 2.53. The first-order chi connectivity index (χ1) is 38.4. The van der Waals surface area contributed by atoms with E-state index in [1.165, 1.54) is 111 Å². The molecule has 0 unspecified atom stereocenters. The minimum absolute atomic E-state index is 0.0905. The van der Waals surface area contributed by atoms with Crippen LogP contribution < -0.4 is 0 Å². The molecule has 12 aromatic rings. The molecular weight excluding hydrogens is 965 g/mol. The predicted molar refractivity (Wildman–Crippen MR) is 340 cm³/mol. The molecule has 2 aliphatic carbocycles. The molecule has 0 amide bonds. The molecule has 2 heteroatoms. The summed E-state index contributed by atoms with van der Waals surface area (Å²) >= 11 is 0. The van der Waals surface area contributed by atoms with Gasteiger partial charge in [-0.15, -0.1) is 0 Å². The van der Waals surface area contributed by atoms with E-state index in [4.69, 9.17) is 9.97 Å². The van der Waals surface area contributed by atoms with Gasteiger partial charge in [-0.25, -0.2) is 0 Å². The SMILES string of the molecule is CC(C)(C)c1ccc2c(c1)C(C)(C)c1cc(-c3cccc(-c4cccc(-c5ccc6c(c5)c5cc(-c7cccc(-c8cccc(-c9ccc%10c(c9)C(C)(C)c9cc(C(C)(C)C)ccc9-%10)c8)c7)ccc5c5nccnc65)c4)c3)ccc1-2. The molecule has 2 aliphatic rings. The second kappa shape index (κ2) is 17.9.